The number of hydrogen-bond acceptors (Lipinski definition) is 7. The van der Waals surface area contributed by atoms with Crippen LogP contribution in [0.1, 0.15) is 40.6 Å². The normalized spacial score (nSPS) is 15.1. The number of carbonyl (C=O) groups excluding carboxylic acids is 1. The van der Waals surface area contributed by atoms with Gasteiger partial charge in [0, 0.05) is 30.2 Å². The lowest BCUT2D eigenvalue weighted by Gasteiger charge is -2.25. The van der Waals surface area contributed by atoms with E-state index in [1.54, 1.807) is 37.8 Å². The predicted octanol–water partition coefficient (Wildman–Crippen LogP) is 5.02. The molecule has 35 heavy (non-hydrogen) atoms. The van der Waals surface area contributed by atoms with Crippen LogP contribution in [0.3, 0.4) is 0 Å². The summed E-state index contributed by atoms with van der Waals surface area (Å²) in [6, 6.07) is 16.5. The number of aryl methyl sites for hydroxylation is 1. The Balaban J connectivity index is 1.40. The van der Waals surface area contributed by atoms with Gasteiger partial charge in [0.15, 0.2) is 5.82 Å². The van der Waals surface area contributed by atoms with Gasteiger partial charge in [-0.1, -0.05) is 0 Å². The maximum Gasteiger partial charge on any atom is 0.259 e. The van der Waals surface area contributed by atoms with E-state index in [1.165, 1.54) is 0 Å². The van der Waals surface area contributed by atoms with E-state index in [9.17, 15) is 4.79 Å². The average Bonchev–Trinajstić information content (AvgIpc) is 3.40. The zero-order chi connectivity index (χ0) is 24.2. The van der Waals surface area contributed by atoms with Crippen LogP contribution < -0.4 is 9.47 Å². The average molecular weight is 468 g/mol. The monoisotopic (exact) mass is 467 g/mol. The lowest BCUT2D eigenvalue weighted by atomic mass is 10.1. The number of carbonyl (C=O) groups is 1. The van der Waals surface area contributed by atoms with Gasteiger partial charge in [-0.05, 0) is 74.4 Å². The largest absolute Gasteiger partial charge is 0.497 e. The van der Waals surface area contributed by atoms with E-state index >= 15 is 0 Å². The van der Waals surface area contributed by atoms with Crippen molar-refractivity contribution in [3.63, 3.8) is 0 Å². The summed E-state index contributed by atoms with van der Waals surface area (Å²) >= 11 is 0. The molecule has 0 radical (unpaired) electrons. The molecule has 0 bridgehead atoms. The Bertz CT molecular complexity index is 1330. The second-order valence-electron chi connectivity index (χ2n) is 8.28. The molecule has 3 aromatic heterocycles. The van der Waals surface area contributed by atoms with Crippen LogP contribution in [0.5, 0.6) is 17.4 Å². The molecular weight excluding hydrogens is 442 g/mol. The molecule has 1 atom stereocenters. The van der Waals surface area contributed by atoms with Gasteiger partial charge < -0.3 is 14.4 Å². The molecular formula is C27H25N5O3. The van der Waals surface area contributed by atoms with Crippen LogP contribution in [0, 0.1) is 6.92 Å². The number of aromatic nitrogens is 4. The molecule has 1 aliphatic rings. The lowest BCUT2D eigenvalue weighted by molar-refractivity contribution is 0.0729. The molecule has 0 aliphatic carbocycles. The predicted molar refractivity (Wildman–Crippen MR) is 130 cm³/mol. The molecule has 8 heteroatoms. The first kappa shape index (κ1) is 22.5. The van der Waals surface area contributed by atoms with Gasteiger partial charge >= 0.3 is 0 Å². The number of amides is 1. The molecule has 1 amide bonds. The number of nitrogens with zero attached hydrogens (tertiary/aromatic N) is 5. The van der Waals surface area contributed by atoms with E-state index in [1.807, 2.05) is 54.3 Å². The van der Waals surface area contributed by atoms with Crippen molar-refractivity contribution in [2.45, 2.75) is 25.8 Å². The summed E-state index contributed by atoms with van der Waals surface area (Å²) in [7, 11) is 1.63. The van der Waals surface area contributed by atoms with E-state index in [0.29, 0.717) is 23.7 Å². The zero-order valence-corrected chi connectivity index (χ0v) is 19.6. The second-order valence-corrected chi connectivity index (χ2v) is 8.28. The van der Waals surface area contributed by atoms with Gasteiger partial charge in [-0.3, -0.25) is 9.78 Å². The fourth-order valence-electron chi connectivity index (χ4n) is 4.17. The van der Waals surface area contributed by atoms with Crippen LogP contribution in [0.2, 0.25) is 0 Å². The van der Waals surface area contributed by atoms with E-state index in [2.05, 4.69) is 15.0 Å². The van der Waals surface area contributed by atoms with Crippen molar-refractivity contribution in [2.75, 3.05) is 13.7 Å². The van der Waals surface area contributed by atoms with Crippen LogP contribution >= 0.6 is 0 Å². The van der Waals surface area contributed by atoms with Crippen LogP contribution in [-0.4, -0.2) is 44.4 Å². The Hall–Kier alpha value is -4.33. The van der Waals surface area contributed by atoms with Gasteiger partial charge in [-0.25, -0.2) is 15.0 Å². The molecule has 1 fully saturated rings. The molecule has 0 N–H and O–H groups in total. The van der Waals surface area contributed by atoms with E-state index in [4.69, 9.17) is 14.5 Å². The van der Waals surface area contributed by atoms with Gasteiger partial charge in [0.2, 0.25) is 5.88 Å². The van der Waals surface area contributed by atoms with Crippen LogP contribution in [0.25, 0.3) is 11.4 Å². The molecule has 1 unspecified atom stereocenters. The molecule has 4 heterocycles. The molecule has 0 saturated carbocycles. The third kappa shape index (κ3) is 4.82. The molecule has 1 saturated heterocycles. The maximum absolute atomic E-state index is 13.7. The summed E-state index contributed by atoms with van der Waals surface area (Å²) < 4.78 is 11.2. The van der Waals surface area contributed by atoms with Crippen molar-refractivity contribution in [2.24, 2.45) is 0 Å². The highest BCUT2D eigenvalue weighted by molar-refractivity contribution is 5.96. The molecule has 1 aliphatic heterocycles. The first-order valence-corrected chi connectivity index (χ1v) is 11.5. The molecule has 4 aromatic rings. The van der Waals surface area contributed by atoms with Gasteiger partial charge in [0.25, 0.3) is 5.91 Å². The summed E-state index contributed by atoms with van der Waals surface area (Å²) in [5.74, 6) is 2.03. The summed E-state index contributed by atoms with van der Waals surface area (Å²) in [4.78, 5) is 33.3. The van der Waals surface area contributed by atoms with Crippen molar-refractivity contribution < 1.29 is 14.3 Å². The number of pyridine rings is 2. The Morgan fingerprint density at radius 1 is 0.971 bits per heavy atom. The number of likely N-dealkylation sites (tertiary alicyclic amines) is 1. The highest BCUT2D eigenvalue weighted by Crippen LogP contribution is 2.34. The topological polar surface area (TPSA) is 90.3 Å². The maximum atomic E-state index is 13.7. The number of benzene rings is 1. The molecule has 0 spiro atoms. The minimum atomic E-state index is -0.156. The van der Waals surface area contributed by atoms with Crippen LogP contribution in [0.15, 0.2) is 73.2 Å². The zero-order valence-electron chi connectivity index (χ0n) is 19.6. The minimum Gasteiger partial charge on any atom is -0.497 e. The van der Waals surface area contributed by atoms with E-state index in [-0.39, 0.29) is 17.8 Å². The number of ether oxygens (including phenoxy) is 2. The highest BCUT2D eigenvalue weighted by Gasteiger charge is 2.33. The quantitative estimate of drug-likeness (QED) is 0.393. The van der Waals surface area contributed by atoms with Crippen molar-refractivity contribution >= 4 is 5.91 Å². The third-order valence-electron chi connectivity index (χ3n) is 5.98. The Morgan fingerprint density at radius 3 is 2.57 bits per heavy atom. The lowest BCUT2D eigenvalue weighted by Crippen LogP contribution is -2.31. The van der Waals surface area contributed by atoms with Crippen molar-refractivity contribution in [3.05, 3.63) is 90.1 Å². The van der Waals surface area contributed by atoms with Gasteiger partial charge in [0.1, 0.15) is 17.1 Å². The summed E-state index contributed by atoms with van der Waals surface area (Å²) in [5, 5.41) is 0. The van der Waals surface area contributed by atoms with Crippen LogP contribution in [-0.2, 0) is 0 Å². The minimum absolute atomic E-state index is 0.139. The SMILES string of the molecule is COc1ccc(-c2nccc(C3CCCN3C(=O)c3cccnc3Oc3ccc(C)nc3)n2)cc1. The fourth-order valence-corrected chi connectivity index (χ4v) is 4.17. The molecule has 1 aromatic carbocycles. The third-order valence-corrected chi connectivity index (χ3v) is 5.98. The Labute approximate surface area is 203 Å². The van der Waals surface area contributed by atoms with Crippen molar-refractivity contribution in [1.29, 1.82) is 0 Å². The second kappa shape index (κ2) is 9.89. The smallest absolute Gasteiger partial charge is 0.259 e. The summed E-state index contributed by atoms with van der Waals surface area (Å²) in [5.41, 5.74) is 2.99. The Morgan fingerprint density at radius 2 is 1.80 bits per heavy atom. The summed E-state index contributed by atoms with van der Waals surface area (Å²) in [6.45, 7) is 2.53. The highest BCUT2D eigenvalue weighted by atomic mass is 16.5. The van der Waals surface area contributed by atoms with Crippen molar-refractivity contribution in [3.8, 4) is 28.8 Å². The van der Waals surface area contributed by atoms with E-state index in [0.717, 1.165) is 35.5 Å². The Kier molecular flexibility index (Phi) is 6.34. The molecule has 5 rings (SSSR count). The van der Waals surface area contributed by atoms with Crippen LogP contribution in [0.4, 0.5) is 0 Å². The molecule has 8 nitrogen and oxygen atoms in total. The first-order chi connectivity index (χ1) is 17.1. The van der Waals surface area contributed by atoms with Gasteiger partial charge in [-0.15, -0.1) is 0 Å². The summed E-state index contributed by atoms with van der Waals surface area (Å²) in [6.07, 6.45) is 6.69. The number of methoxy groups -OCH3 is 1. The first-order valence-electron chi connectivity index (χ1n) is 11.5. The van der Waals surface area contributed by atoms with Crippen molar-refractivity contribution in [1.82, 2.24) is 24.8 Å². The van der Waals surface area contributed by atoms with Gasteiger partial charge in [0.05, 0.1) is 25.0 Å². The number of hydrogen-bond donors (Lipinski definition) is 0. The van der Waals surface area contributed by atoms with E-state index < -0.39 is 0 Å². The fraction of sp³-hybridized carbons (Fsp3) is 0.222. The molecule has 176 valence electrons. The number of rotatable bonds is 6. The standard InChI is InChI=1S/C27H25N5O3/c1-18-7-10-21(17-30-18)35-26-22(5-3-14-29-26)27(33)32-16-4-6-24(32)23-13-15-28-25(31-23)19-8-11-20(34-2)12-9-19/h3,5,7-15,17,24H,4,6,16H2,1-2H3. The van der Waals surface area contributed by atoms with Gasteiger partial charge in [-0.2, -0.15) is 0 Å².